The fraction of sp³-hybridized carbons (Fsp3) is 0.852. The van der Waals surface area contributed by atoms with Gasteiger partial charge in [0.25, 0.3) is 0 Å². The third kappa shape index (κ3) is 6.59. The monoisotopic (exact) mass is 686 g/mol. The second-order valence-corrected chi connectivity index (χ2v) is 11.9. The number of ether oxygens (including phenoxy) is 7. The third-order valence-corrected chi connectivity index (χ3v) is 9.11. The second kappa shape index (κ2) is 14.8. The number of fused-ring (bicyclic) bond motifs is 1. The van der Waals surface area contributed by atoms with Gasteiger partial charge < -0.3 is 99.5 Å². The van der Waals surface area contributed by atoms with E-state index in [1.807, 2.05) is 0 Å². The highest BCUT2D eigenvalue weighted by atomic mass is 16.8. The molecule has 0 bridgehead atoms. The van der Waals surface area contributed by atoms with Crippen molar-refractivity contribution in [2.45, 2.75) is 110 Å². The van der Waals surface area contributed by atoms with Crippen LogP contribution in [-0.2, 0) is 33.2 Å². The van der Waals surface area contributed by atoms with E-state index in [0.717, 1.165) is 6.26 Å². The summed E-state index contributed by atoms with van der Waals surface area (Å²) in [6, 6.07) is 0. The average Bonchev–Trinajstić information content (AvgIpc) is 3.35. The summed E-state index contributed by atoms with van der Waals surface area (Å²) >= 11 is 0. The molecular formula is C27H42O20. The second-order valence-electron chi connectivity index (χ2n) is 11.9. The first-order valence-corrected chi connectivity index (χ1v) is 14.9. The molecule has 19 atom stereocenters. The van der Waals surface area contributed by atoms with E-state index in [2.05, 4.69) is 0 Å². The SMILES string of the molecule is OCC1=C[C@@H](O)[C@@]2(O[C@@H]3O[C@H](CO)[C@@H](O)[C@H](O[C@@H]4O[C@H](CO)[C@H](O)[C@H](O)[C@H]4O)[C@H]3O)C=CO[C@@H](O[C@@H]3O[C@H](CO)[C@H](O)[C@H](O)[C@H]3O)[C@H]12. The highest BCUT2D eigenvalue weighted by Crippen LogP contribution is 2.48. The van der Waals surface area contributed by atoms with E-state index in [0.29, 0.717) is 0 Å². The molecule has 3 fully saturated rings. The molecule has 0 unspecified atom stereocenters. The molecule has 0 radical (unpaired) electrons. The molecule has 20 heteroatoms. The van der Waals surface area contributed by atoms with Gasteiger partial charge in [-0.1, -0.05) is 6.08 Å². The van der Waals surface area contributed by atoms with Crippen molar-refractivity contribution in [1.29, 1.82) is 0 Å². The van der Waals surface area contributed by atoms with Crippen LogP contribution in [0.25, 0.3) is 0 Å². The Labute approximate surface area is 266 Å². The number of hydrogen-bond donors (Lipinski definition) is 13. The Hall–Kier alpha value is -1.48. The van der Waals surface area contributed by atoms with E-state index < -0.39 is 142 Å². The minimum atomic E-state index is -1.99. The normalized spacial score (nSPS) is 51.7. The summed E-state index contributed by atoms with van der Waals surface area (Å²) < 4.78 is 39.4. The largest absolute Gasteiger partial charge is 0.472 e. The lowest BCUT2D eigenvalue weighted by atomic mass is 9.82. The van der Waals surface area contributed by atoms with Crippen LogP contribution in [0.15, 0.2) is 24.0 Å². The molecule has 5 aliphatic rings. The summed E-state index contributed by atoms with van der Waals surface area (Å²) in [6.07, 6.45) is -25.8. The van der Waals surface area contributed by atoms with E-state index in [-0.39, 0.29) is 5.57 Å². The summed E-state index contributed by atoms with van der Waals surface area (Å²) in [5.74, 6) is -1.29. The van der Waals surface area contributed by atoms with Gasteiger partial charge in [-0.2, -0.15) is 0 Å². The third-order valence-electron chi connectivity index (χ3n) is 9.11. The maximum atomic E-state index is 11.3. The average molecular weight is 687 g/mol. The van der Waals surface area contributed by atoms with Gasteiger partial charge in [0.05, 0.1) is 38.6 Å². The molecule has 13 N–H and O–H groups in total. The summed E-state index contributed by atoms with van der Waals surface area (Å²) in [6.45, 7) is -3.09. The van der Waals surface area contributed by atoms with Gasteiger partial charge in [-0.05, 0) is 11.6 Å². The van der Waals surface area contributed by atoms with Crippen molar-refractivity contribution in [3.05, 3.63) is 24.0 Å². The van der Waals surface area contributed by atoms with Crippen LogP contribution in [0.3, 0.4) is 0 Å². The van der Waals surface area contributed by atoms with Crippen LogP contribution in [0.1, 0.15) is 0 Å². The molecule has 0 aromatic rings. The number of rotatable bonds is 10. The molecule has 47 heavy (non-hydrogen) atoms. The molecule has 4 heterocycles. The van der Waals surface area contributed by atoms with Crippen LogP contribution in [0, 0.1) is 5.92 Å². The minimum absolute atomic E-state index is 0.0783. The maximum absolute atomic E-state index is 11.3. The predicted octanol–water partition coefficient (Wildman–Crippen LogP) is -8.04. The fourth-order valence-electron chi connectivity index (χ4n) is 6.40. The zero-order chi connectivity index (χ0) is 34.4. The van der Waals surface area contributed by atoms with Gasteiger partial charge in [0, 0.05) is 0 Å². The Kier molecular flexibility index (Phi) is 11.6. The standard InChI is InChI=1S/C27H42O20/c28-4-8-3-12(32)27(1-2-41-23(13(8)27)46-25-20(39)18(37)15(34)10(6-30)43-25)47-26-21(40)22(16(35)11(7-31)44-26)45-24-19(38)17(36)14(33)9(5-29)42-24/h1-3,9-26,28-40H,4-7H2/t9-,10-,11-,12-,13+,14+,15+,16-,17+,18+,19-,20-,21-,22+,23+,24+,25+,26+,27+/m1/s1. The van der Waals surface area contributed by atoms with Crippen molar-refractivity contribution < 1.29 is 99.5 Å². The van der Waals surface area contributed by atoms with E-state index >= 15 is 0 Å². The number of hydrogen-bond acceptors (Lipinski definition) is 20. The van der Waals surface area contributed by atoms with Crippen molar-refractivity contribution >= 4 is 0 Å². The number of aliphatic hydroxyl groups is 13. The molecule has 5 rings (SSSR count). The highest BCUT2D eigenvalue weighted by molar-refractivity contribution is 5.34. The molecule has 4 aliphatic heterocycles. The number of aliphatic hydroxyl groups excluding tert-OH is 13. The Morgan fingerprint density at radius 2 is 1.09 bits per heavy atom. The molecule has 0 aromatic heterocycles. The Bertz CT molecular complexity index is 1110. The van der Waals surface area contributed by atoms with Crippen LogP contribution in [0.5, 0.6) is 0 Å². The first-order chi connectivity index (χ1) is 22.3. The molecule has 0 aromatic carbocycles. The summed E-state index contributed by atoms with van der Waals surface area (Å²) in [7, 11) is 0. The Morgan fingerprint density at radius 1 is 0.574 bits per heavy atom. The summed E-state index contributed by atoms with van der Waals surface area (Å²) in [5.41, 5.74) is -1.91. The first-order valence-electron chi connectivity index (χ1n) is 14.9. The lowest BCUT2D eigenvalue weighted by Crippen LogP contribution is -2.66. The van der Waals surface area contributed by atoms with Gasteiger partial charge >= 0.3 is 0 Å². The molecule has 0 saturated carbocycles. The van der Waals surface area contributed by atoms with Crippen molar-refractivity contribution in [1.82, 2.24) is 0 Å². The van der Waals surface area contributed by atoms with Crippen LogP contribution < -0.4 is 0 Å². The van der Waals surface area contributed by atoms with Crippen LogP contribution in [-0.4, -0.2) is 203 Å². The van der Waals surface area contributed by atoms with Gasteiger partial charge in [-0.3, -0.25) is 0 Å². The van der Waals surface area contributed by atoms with Gasteiger partial charge in [-0.25, -0.2) is 0 Å². The van der Waals surface area contributed by atoms with Crippen LogP contribution >= 0.6 is 0 Å². The van der Waals surface area contributed by atoms with Gasteiger partial charge in [0.2, 0.25) is 6.29 Å². The Morgan fingerprint density at radius 3 is 1.62 bits per heavy atom. The fourth-order valence-corrected chi connectivity index (χ4v) is 6.40. The quantitative estimate of drug-likeness (QED) is 0.0949. The van der Waals surface area contributed by atoms with Crippen molar-refractivity contribution in [3.63, 3.8) is 0 Å². The smallest absolute Gasteiger partial charge is 0.211 e. The minimum Gasteiger partial charge on any atom is -0.472 e. The van der Waals surface area contributed by atoms with Gasteiger partial charge in [0.1, 0.15) is 85.0 Å². The molecule has 20 nitrogen and oxygen atoms in total. The molecule has 0 spiro atoms. The topological polar surface area (TPSA) is 328 Å². The van der Waals surface area contributed by atoms with E-state index in [4.69, 9.17) is 33.2 Å². The molecule has 0 amide bonds. The predicted molar refractivity (Wildman–Crippen MR) is 144 cm³/mol. The van der Waals surface area contributed by atoms with Gasteiger partial charge in [-0.15, -0.1) is 0 Å². The van der Waals surface area contributed by atoms with E-state index in [1.165, 1.54) is 12.2 Å². The molecule has 3 saturated heterocycles. The zero-order valence-electron chi connectivity index (χ0n) is 24.6. The molecule has 1 aliphatic carbocycles. The Balaban J connectivity index is 1.40. The van der Waals surface area contributed by atoms with Crippen molar-refractivity contribution in [2.24, 2.45) is 5.92 Å². The maximum Gasteiger partial charge on any atom is 0.211 e. The lowest BCUT2D eigenvalue weighted by molar-refractivity contribution is -0.380. The van der Waals surface area contributed by atoms with E-state index in [9.17, 15) is 66.4 Å². The van der Waals surface area contributed by atoms with Gasteiger partial charge in [0.15, 0.2) is 18.9 Å². The highest BCUT2D eigenvalue weighted by Gasteiger charge is 2.61. The molecular weight excluding hydrogens is 644 g/mol. The van der Waals surface area contributed by atoms with Crippen LogP contribution in [0.2, 0.25) is 0 Å². The van der Waals surface area contributed by atoms with Crippen molar-refractivity contribution in [2.75, 3.05) is 26.4 Å². The lowest BCUT2D eigenvalue weighted by Gasteiger charge is -2.50. The molecule has 270 valence electrons. The van der Waals surface area contributed by atoms with Crippen LogP contribution in [0.4, 0.5) is 0 Å². The van der Waals surface area contributed by atoms with Crippen molar-refractivity contribution in [3.8, 4) is 0 Å². The summed E-state index contributed by atoms with van der Waals surface area (Å²) in [4.78, 5) is 0. The first kappa shape index (κ1) is 36.8. The zero-order valence-corrected chi connectivity index (χ0v) is 24.6. The summed E-state index contributed by atoms with van der Waals surface area (Å²) in [5, 5.41) is 134. The van der Waals surface area contributed by atoms with E-state index in [1.54, 1.807) is 0 Å².